The minimum Gasteiger partial charge on any atom is -0.493 e. The third-order valence-corrected chi connectivity index (χ3v) is 5.18. The number of hydrogen-bond acceptors (Lipinski definition) is 8. The predicted molar refractivity (Wildman–Crippen MR) is 111 cm³/mol. The minimum atomic E-state index is -0.300. The molecule has 7 nitrogen and oxygen atoms in total. The average Bonchev–Trinajstić information content (AvgIpc) is 3.07. The molecular formula is C20H21N3O4S. The lowest BCUT2D eigenvalue weighted by molar-refractivity contribution is 0.103. The summed E-state index contributed by atoms with van der Waals surface area (Å²) in [4.78, 5) is 17.7. The highest BCUT2D eigenvalue weighted by molar-refractivity contribution is 7.18. The number of nitrogens with one attached hydrogen (secondary N) is 1. The molecule has 0 atom stereocenters. The van der Waals surface area contributed by atoms with Crippen molar-refractivity contribution in [2.75, 3.05) is 32.4 Å². The highest BCUT2D eigenvalue weighted by Gasteiger charge is 2.25. The van der Waals surface area contributed by atoms with Gasteiger partial charge in [0.15, 0.2) is 16.6 Å². The lowest BCUT2D eigenvalue weighted by Gasteiger charge is -2.14. The van der Waals surface area contributed by atoms with E-state index in [0.29, 0.717) is 27.1 Å². The highest BCUT2D eigenvalue weighted by Crippen LogP contribution is 2.41. The van der Waals surface area contributed by atoms with E-state index in [1.54, 1.807) is 12.1 Å². The largest absolute Gasteiger partial charge is 0.493 e. The molecule has 0 bridgehead atoms. The van der Waals surface area contributed by atoms with E-state index in [0.717, 1.165) is 11.3 Å². The van der Waals surface area contributed by atoms with Gasteiger partial charge in [-0.3, -0.25) is 4.79 Å². The number of para-hydroxylation sites is 1. The van der Waals surface area contributed by atoms with Gasteiger partial charge in [0.25, 0.3) is 0 Å². The van der Waals surface area contributed by atoms with E-state index < -0.39 is 0 Å². The summed E-state index contributed by atoms with van der Waals surface area (Å²) in [5.74, 6) is 0.953. The minimum absolute atomic E-state index is 0.155. The molecule has 28 heavy (non-hydrogen) atoms. The molecule has 8 heteroatoms. The van der Waals surface area contributed by atoms with Crippen molar-refractivity contribution in [3.05, 3.63) is 52.4 Å². The first-order valence-electron chi connectivity index (χ1n) is 8.42. The Morgan fingerprint density at radius 1 is 1.04 bits per heavy atom. The molecule has 3 N–H and O–H groups in total. The number of nitrogens with zero attached hydrogens (tertiary/aromatic N) is 1. The molecule has 1 heterocycles. The van der Waals surface area contributed by atoms with Gasteiger partial charge in [-0.15, -0.1) is 0 Å². The molecule has 0 aliphatic rings. The third kappa shape index (κ3) is 3.59. The second kappa shape index (κ2) is 8.18. The quantitative estimate of drug-likeness (QED) is 0.579. The number of nitrogen functional groups attached to an aromatic ring is 1. The molecule has 0 aliphatic carbocycles. The van der Waals surface area contributed by atoms with Crippen LogP contribution in [0.4, 0.5) is 16.6 Å². The number of carbonyl (C=O) groups excluding carboxylic acids is 1. The van der Waals surface area contributed by atoms with E-state index >= 15 is 0 Å². The lowest BCUT2D eigenvalue weighted by Crippen LogP contribution is -2.06. The molecule has 0 amide bonds. The molecule has 0 spiro atoms. The molecule has 1 aromatic heterocycles. The Morgan fingerprint density at radius 2 is 1.75 bits per heavy atom. The maximum Gasteiger partial charge on any atom is 0.210 e. The molecule has 0 aliphatic heterocycles. The topological polar surface area (TPSA) is 95.7 Å². The molecule has 3 aromatic rings. The molecule has 2 aromatic carbocycles. The maximum absolute atomic E-state index is 13.1. The second-order valence-corrected chi connectivity index (χ2v) is 6.88. The Bertz CT molecular complexity index is 1020. The fraction of sp³-hybridized carbons (Fsp3) is 0.200. The molecule has 0 fully saturated rings. The number of ketones is 1. The molecule has 0 unspecified atom stereocenters. The van der Waals surface area contributed by atoms with Crippen LogP contribution in [0.2, 0.25) is 0 Å². The summed E-state index contributed by atoms with van der Waals surface area (Å²) in [6, 6.07) is 11.1. The van der Waals surface area contributed by atoms with Crippen LogP contribution in [0, 0.1) is 6.92 Å². The summed E-state index contributed by atoms with van der Waals surface area (Å²) >= 11 is 1.18. The average molecular weight is 399 g/mol. The van der Waals surface area contributed by atoms with Crippen molar-refractivity contribution in [3.8, 4) is 17.2 Å². The number of aromatic nitrogens is 1. The lowest BCUT2D eigenvalue weighted by atomic mass is 10.1. The van der Waals surface area contributed by atoms with Crippen LogP contribution in [0.15, 0.2) is 36.4 Å². The standard InChI is InChI=1S/C20H21N3O4S/c1-11-7-5-6-8-13(11)22-20-23-19(21)18(28-20)15(24)12-9-10-14(25-2)17(27-4)16(12)26-3/h5-10H,21H2,1-4H3,(H,22,23). The number of benzene rings is 2. The number of nitrogens with two attached hydrogens (primary N) is 1. The Balaban J connectivity index is 1.98. The normalized spacial score (nSPS) is 10.4. The monoisotopic (exact) mass is 399 g/mol. The van der Waals surface area contributed by atoms with Gasteiger partial charge in [-0.05, 0) is 30.7 Å². The van der Waals surface area contributed by atoms with Crippen LogP contribution in [0.5, 0.6) is 17.2 Å². The van der Waals surface area contributed by atoms with Crippen LogP contribution in [0.1, 0.15) is 20.8 Å². The first kappa shape index (κ1) is 19.5. The molecule has 146 valence electrons. The van der Waals surface area contributed by atoms with E-state index in [-0.39, 0.29) is 17.4 Å². The number of anilines is 3. The molecule has 0 radical (unpaired) electrons. The zero-order valence-electron chi connectivity index (χ0n) is 16.0. The number of methoxy groups -OCH3 is 3. The number of thiazole rings is 1. The van der Waals surface area contributed by atoms with E-state index in [4.69, 9.17) is 19.9 Å². The predicted octanol–water partition coefficient (Wildman–Crippen LogP) is 4.03. The summed E-state index contributed by atoms with van der Waals surface area (Å²) in [6.45, 7) is 1.99. The van der Waals surface area contributed by atoms with Crippen molar-refractivity contribution in [1.29, 1.82) is 0 Å². The summed E-state index contributed by atoms with van der Waals surface area (Å²) in [6.07, 6.45) is 0. The van der Waals surface area contributed by atoms with Crippen LogP contribution in [0.25, 0.3) is 0 Å². The van der Waals surface area contributed by atoms with Crippen molar-refractivity contribution >= 4 is 33.8 Å². The Morgan fingerprint density at radius 3 is 2.39 bits per heavy atom. The molecule has 3 rings (SSSR count). The number of ether oxygens (including phenoxy) is 3. The van der Waals surface area contributed by atoms with Gasteiger partial charge < -0.3 is 25.3 Å². The van der Waals surface area contributed by atoms with Crippen LogP contribution >= 0.6 is 11.3 Å². The smallest absolute Gasteiger partial charge is 0.210 e. The molecular weight excluding hydrogens is 378 g/mol. The van der Waals surface area contributed by atoms with E-state index in [1.807, 2.05) is 31.2 Å². The Kier molecular flexibility index (Phi) is 5.70. The van der Waals surface area contributed by atoms with Crippen molar-refractivity contribution in [1.82, 2.24) is 4.98 Å². The van der Waals surface area contributed by atoms with Gasteiger partial charge in [0, 0.05) is 5.69 Å². The summed E-state index contributed by atoms with van der Waals surface area (Å²) in [5.41, 5.74) is 8.31. The van der Waals surface area contributed by atoms with Gasteiger partial charge in [-0.1, -0.05) is 29.5 Å². The van der Waals surface area contributed by atoms with Crippen LogP contribution in [0.3, 0.4) is 0 Å². The highest BCUT2D eigenvalue weighted by atomic mass is 32.1. The van der Waals surface area contributed by atoms with Crippen molar-refractivity contribution in [2.45, 2.75) is 6.92 Å². The van der Waals surface area contributed by atoms with Gasteiger partial charge in [-0.2, -0.15) is 0 Å². The van der Waals surface area contributed by atoms with Crippen LogP contribution < -0.4 is 25.3 Å². The first-order valence-corrected chi connectivity index (χ1v) is 9.24. The fourth-order valence-corrected chi connectivity index (χ4v) is 3.63. The Labute approximate surface area is 167 Å². The zero-order valence-corrected chi connectivity index (χ0v) is 16.8. The number of aryl methyl sites for hydroxylation is 1. The van der Waals surface area contributed by atoms with Gasteiger partial charge in [0.2, 0.25) is 11.5 Å². The van der Waals surface area contributed by atoms with E-state index in [1.165, 1.54) is 32.7 Å². The second-order valence-electron chi connectivity index (χ2n) is 5.88. The fourth-order valence-electron chi connectivity index (χ4n) is 2.78. The van der Waals surface area contributed by atoms with Crippen molar-refractivity contribution < 1.29 is 19.0 Å². The molecule has 0 saturated heterocycles. The van der Waals surface area contributed by atoms with Crippen molar-refractivity contribution in [3.63, 3.8) is 0 Å². The third-order valence-electron chi connectivity index (χ3n) is 4.20. The van der Waals surface area contributed by atoms with Gasteiger partial charge >= 0.3 is 0 Å². The summed E-state index contributed by atoms with van der Waals surface area (Å²) in [7, 11) is 4.47. The molecule has 0 saturated carbocycles. The van der Waals surface area contributed by atoms with Gasteiger partial charge in [0.1, 0.15) is 10.7 Å². The first-order chi connectivity index (χ1) is 13.5. The summed E-state index contributed by atoms with van der Waals surface area (Å²) < 4.78 is 16.0. The van der Waals surface area contributed by atoms with Crippen molar-refractivity contribution in [2.24, 2.45) is 0 Å². The summed E-state index contributed by atoms with van der Waals surface area (Å²) in [5, 5.41) is 3.75. The van der Waals surface area contributed by atoms with Crippen LogP contribution in [-0.4, -0.2) is 32.1 Å². The van der Waals surface area contributed by atoms with Gasteiger partial charge in [-0.25, -0.2) is 4.98 Å². The van der Waals surface area contributed by atoms with Gasteiger partial charge in [0.05, 0.1) is 26.9 Å². The van der Waals surface area contributed by atoms with E-state index in [2.05, 4.69) is 10.3 Å². The Hall–Kier alpha value is -3.26. The number of rotatable bonds is 7. The number of hydrogen-bond donors (Lipinski definition) is 2. The van der Waals surface area contributed by atoms with E-state index in [9.17, 15) is 4.79 Å². The van der Waals surface area contributed by atoms with Crippen LogP contribution in [-0.2, 0) is 0 Å². The zero-order chi connectivity index (χ0) is 20.3. The maximum atomic E-state index is 13.1. The number of carbonyl (C=O) groups is 1. The SMILES string of the molecule is COc1ccc(C(=O)c2sc(Nc3ccccc3C)nc2N)c(OC)c1OC.